The molecule has 0 unspecified atom stereocenters. The van der Waals surface area contributed by atoms with Gasteiger partial charge in [0.1, 0.15) is 0 Å². The molecule has 0 radical (unpaired) electrons. The van der Waals surface area contributed by atoms with Crippen molar-refractivity contribution in [2.45, 2.75) is 0 Å². The predicted octanol–water partition coefficient (Wildman–Crippen LogP) is 2.25. The van der Waals surface area contributed by atoms with Crippen LogP contribution in [0.3, 0.4) is 0 Å². The SMILES string of the molecule is CNC(=S)Nc1ccc(NC(=O)c2ccncc2)cc1. The molecule has 0 fully saturated rings. The number of carbonyl (C=O) groups excluding carboxylic acids is 1. The summed E-state index contributed by atoms with van der Waals surface area (Å²) in [6, 6.07) is 10.6. The number of amides is 1. The first-order valence-electron chi connectivity index (χ1n) is 5.99. The van der Waals surface area contributed by atoms with E-state index in [1.807, 2.05) is 12.1 Å². The van der Waals surface area contributed by atoms with Crippen LogP contribution in [0.5, 0.6) is 0 Å². The summed E-state index contributed by atoms with van der Waals surface area (Å²) >= 11 is 5.01. The van der Waals surface area contributed by atoms with E-state index in [0.29, 0.717) is 16.4 Å². The van der Waals surface area contributed by atoms with E-state index in [-0.39, 0.29) is 5.91 Å². The Morgan fingerprint density at radius 1 is 1.00 bits per heavy atom. The molecule has 6 heteroatoms. The summed E-state index contributed by atoms with van der Waals surface area (Å²) in [5.41, 5.74) is 2.14. The van der Waals surface area contributed by atoms with E-state index in [2.05, 4.69) is 20.9 Å². The van der Waals surface area contributed by atoms with Crippen molar-refractivity contribution in [3.05, 3.63) is 54.4 Å². The van der Waals surface area contributed by atoms with Crippen LogP contribution in [0, 0.1) is 0 Å². The first-order valence-corrected chi connectivity index (χ1v) is 6.40. The molecule has 0 saturated carbocycles. The highest BCUT2D eigenvalue weighted by Gasteiger charge is 2.05. The van der Waals surface area contributed by atoms with Crippen molar-refractivity contribution < 1.29 is 4.79 Å². The van der Waals surface area contributed by atoms with Crippen LogP contribution in [0.15, 0.2) is 48.8 Å². The second-order valence-corrected chi connectivity index (χ2v) is 4.38. The van der Waals surface area contributed by atoms with E-state index >= 15 is 0 Å². The number of hydrogen-bond donors (Lipinski definition) is 3. The molecular weight excluding hydrogens is 272 g/mol. The lowest BCUT2D eigenvalue weighted by Gasteiger charge is -2.09. The molecule has 2 rings (SSSR count). The fourth-order valence-electron chi connectivity index (χ4n) is 1.54. The van der Waals surface area contributed by atoms with Crippen LogP contribution in [0.1, 0.15) is 10.4 Å². The third-order valence-corrected chi connectivity index (χ3v) is 2.88. The monoisotopic (exact) mass is 286 g/mol. The number of hydrogen-bond acceptors (Lipinski definition) is 3. The average Bonchev–Trinajstić information content (AvgIpc) is 2.50. The normalized spacial score (nSPS) is 9.65. The second-order valence-electron chi connectivity index (χ2n) is 3.97. The largest absolute Gasteiger partial charge is 0.366 e. The Labute approximate surface area is 122 Å². The number of nitrogens with one attached hydrogen (secondary N) is 3. The zero-order valence-electron chi connectivity index (χ0n) is 10.9. The van der Waals surface area contributed by atoms with Gasteiger partial charge in [-0.05, 0) is 48.6 Å². The van der Waals surface area contributed by atoms with Gasteiger partial charge >= 0.3 is 0 Å². The molecule has 0 saturated heterocycles. The lowest BCUT2D eigenvalue weighted by atomic mass is 10.2. The Balaban J connectivity index is 2.00. The van der Waals surface area contributed by atoms with E-state index in [0.717, 1.165) is 5.69 Å². The summed E-state index contributed by atoms with van der Waals surface area (Å²) < 4.78 is 0. The van der Waals surface area contributed by atoms with Gasteiger partial charge in [-0.25, -0.2) is 0 Å². The molecular formula is C14H14N4OS. The standard InChI is InChI=1S/C14H14N4OS/c1-15-14(20)18-12-4-2-11(3-5-12)17-13(19)10-6-8-16-9-7-10/h2-9H,1H3,(H,17,19)(H2,15,18,20). The molecule has 1 aromatic carbocycles. The molecule has 0 bridgehead atoms. The highest BCUT2D eigenvalue weighted by molar-refractivity contribution is 7.80. The molecule has 0 aliphatic heterocycles. The quantitative estimate of drug-likeness (QED) is 0.755. The molecule has 2 aromatic rings. The van der Waals surface area contributed by atoms with Gasteiger partial charge in [0.25, 0.3) is 5.91 Å². The van der Waals surface area contributed by atoms with Gasteiger partial charge in [0.05, 0.1) is 0 Å². The lowest BCUT2D eigenvalue weighted by Crippen LogP contribution is -2.24. The Morgan fingerprint density at radius 3 is 2.10 bits per heavy atom. The maximum Gasteiger partial charge on any atom is 0.255 e. The first kappa shape index (κ1) is 14.0. The Hall–Kier alpha value is -2.47. The van der Waals surface area contributed by atoms with Gasteiger partial charge in [0.2, 0.25) is 0 Å². The van der Waals surface area contributed by atoms with Gasteiger partial charge in [-0.2, -0.15) is 0 Å². The predicted molar refractivity (Wildman–Crippen MR) is 83.9 cm³/mol. The molecule has 102 valence electrons. The van der Waals surface area contributed by atoms with Crippen molar-refractivity contribution >= 4 is 34.6 Å². The molecule has 5 nitrogen and oxygen atoms in total. The zero-order valence-corrected chi connectivity index (χ0v) is 11.7. The number of benzene rings is 1. The van der Waals surface area contributed by atoms with Gasteiger partial charge < -0.3 is 16.0 Å². The fraction of sp³-hybridized carbons (Fsp3) is 0.0714. The molecule has 20 heavy (non-hydrogen) atoms. The molecule has 1 amide bonds. The third kappa shape index (κ3) is 3.76. The van der Waals surface area contributed by atoms with E-state index in [1.165, 1.54) is 0 Å². The van der Waals surface area contributed by atoms with Crippen molar-refractivity contribution in [1.29, 1.82) is 0 Å². The summed E-state index contributed by atoms with van der Waals surface area (Å²) in [6.45, 7) is 0. The van der Waals surface area contributed by atoms with Gasteiger partial charge in [0, 0.05) is 36.4 Å². The summed E-state index contributed by atoms with van der Waals surface area (Å²) in [4.78, 5) is 15.8. The van der Waals surface area contributed by atoms with E-state index < -0.39 is 0 Å². The van der Waals surface area contributed by atoms with Crippen molar-refractivity contribution in [2.75, 3.05) is 17.7 Å². The molecule has 3 N–H and O–H groups in total. The molecule has 0 aliphatic carbocycles. The molecule has 1 aromatic heterocycles. The highest BCUT2D eigenvalue weighted by atomic mass is 32.1. The molecule has 1 heterocycles. The number of carbonyl (C=O) groups is 1. The van der Waals surface area contributed by atoms with Crippen LogP contribution < -0.4 is 16.0 Å². The van der Waals surface area contributed by atoms with Crippen LogP contribution >= 0.6 is 12.2 Å². The van der Waals surface area contributed by atoms with Gasteiger partial charge in [-0.15, -0.1) is 0 Å². The first-order chi connectivity index (χ1) is 9.69. The number of anilines is 2. The second kappa shape index (κ2) is 6.63. The van der Waals surface area contributed by atoms with Gasteiger partial charge in [0.15, 0.2) is 5.11 Å². The van der Waals surface area contributed by atoms with E-state index in [9.17, 15) is 4.79 Å². The highest BCUT2D eigenvalue weighted by Crippen LogP contribution is 2.14. The fourth-order valence-corrected chi connectivity index (χ4v) is 1.65. The number of pyridine rings is 1. The van der Waals surface area contributed by atoms with E-state index in [4.69, 9.17) is 12.2 Å². The minimum Gasteiger partial charge on any atom is -0.366 e. The Kier molecular flexibility index (Phi) is 4.62. The molecule has 0 atom stereocenters. The van der Waals surface area contributed by atoms with E-state index in [1.54, 1.807) is 43.7 Å². The van der Waals surface area contributed by atoms with Crippen molar-refractivity contribution in [3.8, 4) is 0 Å². The minimum atomic E-state index is -0.168. The summed E-state index contributed by atoms with van der Waals surface area (Å²) in [5.74, 6) is -0.168. The van der Waals surface area contributed by atoms with Crippen molar-refractivity contribution in [3.63, 3.8) is 0 Å². The zero-order chi connectivity index (χ0) is 14.4. The number of aromatic nitrogens is 1. The van der Waals surface area contributed by atoms with Crippen molar-refractivity contribution in [1.82, 2.24) is 10.3 Å². The van der Waals surface area contributed by atoms with Crippen LogP contribution in [0.2, 0.25) is 0 Å². The molecule has 0 spiro atoms. The smallest absolute Gasteiger partial charge is 0.255 e. The van der Waals surface area contributed by atoms with Crippen LogP contribution in [-0.2, 0) is 0 Å². The summed E-state index contributed by atoms with van der Waals surface area (Å²) in [5, 5.41) is 9.18. The van der Waals surface area contributed by atoms with Gasteiger partial charge in [-0.3, -0.25) is 9.78 Å². The van der Waals surface area contributed by atoms with Crippen LogP contribution in [0.25, 0.3) is 0 Å². The van der Waals surface area contributed by atoms with Crippen molar-refractivity contribution in [2.24, 2.45) is 0 Å². The summed E-state index contributed by atoms with van der Waals surface area (Å²) in [6.07, 6.45) is 3.17. The lowest BCUT2D eigenvalue weighted by molar-refractivity contribution is 0.102. The van der Waals surface area contributed by atoms with Crippen LogP contribution in [-0.4, -0.2) is 23.1 Å². The number of nitrogens with zero attached hydrogens (tertiary/aromatic N) is 1. The number of rotatable bonds is 3. The average molecular weight is 286 g/mol. The van der Waals surface area contributed by atoms with Gasteiger partial charge in [-0.1, -0.05) is 0 Å². The Bertz CT molecular complexity index is 598. The summed E-state index contributed by atoms with van der Waals surface area (Å²) in [7, 11) is 1.75. The maximum atomic E-state index is 11.9. The van der Waals surface area contributed by atoms with Crippen LogP contribution in [0.4, 0.5) is 11.4 Å². The minimum absolute atomic E-state index is 0.168. The number of thiocarbonyl (C=S) groups is 1. The topological polar surface area (TPSA) is 66.0 Å². The third-order valence-electron chi connectivity index (χ3n) is 2.57. The maximum absolute atomic E-state index is 11.9. The molecule has 0 aliphatic rings. The Morgan fingerprint density at radius 2 is 1.55 bits per heavy atom.